The molecule has 0 unspecified atom stereocenters. The van der Waals surface area contributed by atoms with Gasteiger partial charge in [0.1, 0.15) is 5.82 Å². The highest BCUT2D eigenvalue weighted by Gasteiger charge is 2.35. The molecule has 2 aromatic carbocycles. The lowest BCUT2D eigenvalue weighted by Crippen LogP contribution is -2.20. The maximum atomic E-state index is 13.5. The first-order valence-corrected chi connectivity index (χ1v) is 10.3. The second kappa shape index (κ2) is 7.11. The highest BCUT2D eigenvalue weighted by atomic mass is 35.5. The summed E-state index contributed by atoms with van der Waals surface area (Å²) in [6, 6.07) is 10.7. The van der Waals surface area contributed by atoms with E-state index in [2.05, 4.69) is 4.98 Å². The van der Waals surface area contributed by atoms with Crippen LogP contribution >= 0.6 is 22.9 Å². The van der Waals surface area contributed by atoms with Crippen molar-refractivity contribution in [3.63, 3.8) is 0 Å². The van der Waals surface area contributed by atoms with Gasteiger partial charge in [-0.3, -0.25) is 9.36 Å². The number of rotatable bonds is 3. The number of Topliss-reactive ketones (excluding diaryl/α,β-unsaturated/α-hetero) is 1. The van der Waals surface area contributed by atoms with Gasteiger partial charge in [-0.2, -0.15) is 0 Å². The lowest BCUT2D eigenvalue weighted by Gasteiger charge is -2.17. The molecule has 2 N–H and O–H groups in total. The third kappa shape index (κ3) is 3.34. The van der Waals surface area contributed by atoms with Gasteiger partial charge < -0.3 is 10.2 Å². The van der Waals surface area contributed by atoms with E-state index in [1.807, 2.05) is 0 Å². The fraction of sp³-hybridized carbons (Fsp3) is 0.182. The summed E-state index contributed by atoms with van der Waals surface area (Å²) < 4.78 is 15.6. The number of hydrogen-bond donors (Lipinski definition) is 2. The molecule has 0 saturated carbocycles. The van der Waals surface area contributed by atoms with Crippen molar-refractivity contribution in [1.29, 1.82) is 0 Å². The first-order chi connectivity index (χ1) is 14.1. The highest BCUT2D eigenvalue weighted by molar-refractivity contribution is 7.20. The van der Waals surface area contributed by atoms with E-state index in [9.17, 15) is 19.4 Å². The van der Waals surface area contributed by atoms with E-state index < -0.39 is 22.9 Å². The van der Waals surface area contributed by atoms with Crippen molar-refractivity contribution in [2.45, 2.75) is 20.8 Å². The Balaban J connectivity index is 2.06. The molecule has 0 amide bonds. The number of benzene rings is 2. The van der Waals surface area contributed by atoms with Gasteiger partial charge in [0.2, 0.25) is 5.88 Å². The Morgan fingerprint density at radius 3 is 2.43 bits per heavy atom. The van der Waals surface area contributed by atoms with Crippen LogP contribution in [0.3, 0.4) is 0 Å². The Kier molecular flexibility index (Phi) is 4.83. The summed E-state index contributed by atoms with van der Waals surface area (Å²) in [5.74, 6) is -1.85. The Morgan fingerprint density at radius 2 is 1.80 bits per heavy atom. The topological polar surface area (TPSA) is 75.3 Å². The van der Waals surface area contributed by atoms with Crippen LogP contribution in [0, 0.1) is 11.2 Å². The van der Waals surface area contributed by atoms with Crippen molar-refractivity contribution in [3.05, 3.63) is 58.9 Å². The van der Waals surface area contributed by atoms with Crippen LogP contribution < -0.4 is 0 Å². The third-order valence-corrected chi connectivity index (χ3v) is 5.92. The molecule has 5 nitrogen and oxygen atoms in total. The summed E-state index contributed by atoms with van der Waals surface area (Å²) in [6.07, 6.45) is 0. The highest BCUT2D eigenvalue weighted by Crippen LogP contribution is 2.46. The third-order valence-electron chi connectivity index (χ3n) is 4.68. The van der Waals surface area contributed by atoms with Gasteiger partial charge in [-0.25, -0.2) is 9.37 Å². The molecule has 4 rings (SSSR count). The zero-order valence-electron chi connectivity index (χ0n) is 16.4. The average Bonchev–Trinajstić information content (AvgIpc) is 3.19. The number of fused-ring (bicyclic) bond motifs is 1. The summed E-state index contributed by atoms with van der Waals surface area (Å²) in [5.41, 5.74) is 0.489. The van der Waals surface area contributed by atoms with Crippen molar-refractivity contribution in [3.8, 4) is 28.0 Å². The number of carbonyl (C=O) groups excluding carboxylic acids is 1. The second-order valence-electron chi connectivity index (χ2n) is 7.93. The van der Waals surface area contributed by atoms with E-state index in [-0.39, 0.29) is 17.0 Å². The maximum Gasteiger partial charge on any atom is 0.242 e. The summed E-state index contributed by atoms with van der Waals surface area (Å²) in [5, 5.41) is 22.4. The van der Waals surface area contributed by atoms with Crippen LogP contribution in [0.5, 0.6) is 11.6 Å². The van der Waals surface area contributed by atoms with Crippen LogP contribution in [0.4, 0.5) is 4.39 Å². The van der Waals surface area contributed by atoms with Crippen molar-refractivity contribution in [2.75, 3.05) is 0 Å². The van der Waals surface area contributed by atoms with Crippen LogP contribution in [0.25, 0.3) is 26.6 Å². The number of nitrogens with zero attached hydrogens (tertiary/aromatic N) is 2. The molecule has 0 aliphatic heterocycles. The molecule has 8 heteroatoms. The molecule has 0 spiro atoms. The van der Waals surface area contributed by atoms with E-state index in [0.717, 1.165) is 4.70 Å². The minimum absolute atomic E-state index is 0.0381. The number of thiazole rings is 1. The number of halogens is 2. The Bertz CT molecular complexity index is 1290. The van der Waals surface area contributed by atoms with Gasteiger partial charge in [-0.15, -0.1) is 0 Å². The SMILES string of the molecule is CC(C)(C)C(=O)c1c(O)c(O)n(-c2nc3ccc(Cl)cc3s2)c1-c1ccc(F)cc1. The van der Waals surface area contributed by atoms with E-state index in [1.165, 1.54) is 40.2 Å². The van der Waals surface area contributed by atoms with E-state index >= 15 is 0 Å². The smallest absolute Gasteiger partial charge is 0.242 e. The van der Waals surface area contributed by atoms with Gasteiger partial charge in [0.25, 0.3) is 0 Å². The number of carbonyl (C=O) groups is 1. The fourth-order valence-corrected chi connectivity index (χ4v) is 4.44. The van der Waals surface area contributed by atoms with E-state index in [4.69, 9.17) is 11.6 Å². The summed E-state index contributed by atoms with van der Waals surface area (Å²) in [4.78, 5) is 17.7. The van der Waals surface area contributed by atoms with Gasteiger partial charge >= 0.3 is 0 Å². The van der Waals surface area contributed by atoms with Crippen LogP contribution in [-0.4, -0.2) is 25.5 Å². The fourth-order valence-electron chi connectivity index (χ4n) is 3.19. The van der Waals surface area contributed by atoms with Gasteiger partial charge in [0, 0.05) is 10.4 Å². The molecular weight excluding hydrogens is 427 g/mol. The molecule has 0 aliphatic carbocycles. The van der Waals surface area contributed by atoms with Crippen molar-refractivity contribution in [1.82, 2.24) is 9.55 Å². The monoisotopic (exact) mass is 444 g/mol. The van der Waals surface area contributed by atoms with Crippen LogP contribution in [0.1, 0.15) is 31.1 Å². The molecule has 0 saturated heterocycles. The molecule has 0 aliphatic rings. The first kappa shape index (κ1) is 20.4. The second-order valence-corrected chi connectivity index (χ2v) is 9.37. The normalized spacial score (nSPS) is 11.9. The largest absolute Gasteiger partial charge is 0.503 e. The predicted octanol–water partition coefficient (Wildman–Crippen LogP) is 6.19. The minimum Gasteiger partial charge on any atom is -0.503 e. The number of aromatic hydroxyl groups is 2. The summed E-state index contributed by atoms with van der Waals surface area (Å²) >= 11 is 7.31. The number of hydrogen-bond acceptors (Lipinski definition) is 5. The quantitative estimate of drug-likeness (QED) is 0.369. The molecule has 30 heavy (non-hydrogen) atoms. The van der Waals surface area contributed by atoms with E-state index in [1.54, 1.807) is 39.0 Å². The average molecular weight is 445 g/mol. The molecule has 4 aromatic rings. The van der Waals surface area contributed by atoms with Gasteiger partial charge in [0.05, 0.1) is 21.5 Å². The predicted molar refractivity (Wildman–Crippen MR) is 116 cm³/mol. The number of ketones is 1. The summed E-state index contributed by atoms with van der Waals surface area (Å²) in [7, 11) is 0. The molecule has 154 valence electrons. The van der Waals surface area contributed by atoms with Crippen LogP contribution in [0.15, 0.2) is 42.5 Å². The van der Waals surface area contributed by atoms with E-state index in [0.29, 0.717) is 21.2 Å². The van der Waals surface area contributed by atoms with Crippen LogP contribution in [0.2, 0.25) is 5.02 Å². The van der Waals surface area contributed by atoms with Crippen molar-refractivity contribution >= 4 is 38.9 Å². The Labute approximate surface area is 181 Å². The standard InChI is InChI=1S/C22H18ClFN2O3S/c1-22(2,3)19(28)16-17(11-4-7-13(24)8-5-11)26(20(29)18(16)27)21-25-14-9-6-12(23)10-15(14)30-21/h4-10,27,29H,1-3H3. The van der Waals surface area contributed by atoms with Gasteiger partial charge in [0.15, 0.2) is 16.7 Å². The lowest BCUT2D eigenvalue weighted by atomic mass is 9.85. The molecule has 0 bridgehead atoms. The molecule has 0 fully saturated rings. The zero-order chi connectivity index (χ0) is 21.8. The molecule has 0 radical (unpaired) electrons. The van der Waals surface area contributed by atoms with Gasteiger partial charge in [-0.05, 0) is 48.0 Å². The zero-order valence-corrected chi connectivity index (χ0v) is 18.0. The summed E-state index contributed by atoms with van der Waals surface area (Å²) in [6.45, 7) is 5.16. The Morgan fingerprint density at radius 1 is 1.13 bits per heavy atom. The number of aromatic nitrogens is 2. The molecule has 2 aromatic heterocycles. The maximum absolute atomic E-state index is 13.5. The van der Waals surface area contributed by atoms with Crippen molar-refractivity contribution < 1.29 is 19.4 Å². The van der Waals surface area contributed by atoms with Crippen molar-refractivity contribution in [2.24, 2.45) is 5.41 Å². The van der Waals surface area contributed by atoms with Gasteiger partial charge in [-0.1, -0.05) is 43.7 Å². The molecule has 2 heterocycles. The van der Waals surface area contributed by atoms with Crippen LogP contribution in [-0.2, 0) is 0 Å². The minimum atomic E-state index is -0.827. The molecular formula is C22H18ClFN2O3S. The first-order valence-electron chi connectivity index (χ1n) is 9.11. The Hall–Kier alpha value is -2.90. The lowest BCUT2D eigenvalue weighted by molar-refractivity contribution is 0.0856. The molecule has 0 atom stereocenters.